The summed E-state index contributed by atoms with van der Waals surface area (Å²) in [4.78, 5) is 21.9. The van der Waals surface area contributed by atoms with Crippen LogP contribution >= 0.6 is 11.3 Å². The van der Waals surface area contributed by atoms with Crippen molar-refractivity contribution in [2.24, 2.45) is 0 Å². The van der Waals surface area contributed by atoms with Gasteiger partial charge in [-0.25, -0.2) is 4.98 Å². The van der Waals surface area contributed by atoms with Crippen molar-refractivity contribution in [3.05, 3.63) is 36.1 Å². The van der Waals surface area contributed by atoms with Crippen LogP contribution in [-0.2, 0) is 4.79 Å². The standard InChI is InChI=1S/C14H15N3O3S/c18-13(10-19-11-2-1-4-15-8-11)17-6-3-12(9-17)20-14-16-5-7-21-14/h1-2,4-5,7-8,12H,3,6,9-10H2. The van der Waals surface area contributed by atoms with E-state index in [-0.39, 0.29) is 18.6 Å². The molecule has 3 rings (SSSR count). The molecule has 1 aliphatic heterocycles. The second kappa shape index (κ2) is 6.53. The summed E-state index contributed by atoms with van der Waals surface area (Å²) in [5.41, 5.74) is 0. The van der Waals surface area contributed by atoms with Crippen molar-refractivity contribution < 1.29 is 14.3 Å². The van der Waals surface area contributed by atoms with Crippen molar-refractivity contribution in [2.45, 2.75) is 12.5 Å². The highest BCUT2D eigenvalue weighted by Crippen LogP contribution is 2.20. The Bertz CT molecular complexity index is 576. The second-order valence-corrected chi connectivity index (χ2v) is 5.50. The molecule has 0 aliphatic carbocycles. The molecule has 1 unspecified atom stereocenters. The summed E-state index contributed by atoms with van der Waals surface area (Å²) in [6.45, 7) is 1.29. The van der Waals surface area contributed by atoms with E-state index >= 15 is 0 Å². The summed E-state index contributed by atoms with van der Waals surface area (Å²) in [5.74, 6) is 0.560. The molecule has 2 aromatic heterocycles. The number of hydrogen-bond acceptors (Lipinski definition) is 6. The van der Waals surface area contributed by atoms with Crippen LogP contribution in [0.5, 0.6) is 10.9 Å². The van der Waals surface area contributed by atoms with E-state index < -0.39 is 0 Å². The zero-order chi connectivity index (χ0) is 14.5. The van der Waals surface area contributed by atoms with E-state index in [0.29, 0.717) is 24.0 Å². The highest BCUT2D eigenvalue weighted by Gasteiger charge is 2.28. The Labute approximate surface area is 126 Å². The van der Waals surface area contributed by atoms with Gasteiger partial charge in [0, 0.05) is 30.7 Å². The molecule has 6 nitrogen and oxygen atoms in total. The number of carbonyl (C=O) groups is 1. The van der Waals surface area contributed by atoms with E-state index in [1.165, 1.54) is 11.3 Å². The largest absolute Gasteiger partial charge is 0.482 e. The first-order valence-electron chi connectivity index (χ1n) is 6.68. The molecule has 3 heterocycles. The number of ether oxygens (including phenoxy) is 2. The summed E-state index contributed by atoms with van der Waals surface area (Å²) in [6.07, 6.45) is 5.79. The lowest BCUT2D eigenvalue weighted by molar-refractivity contribution is -0.132. The summed E-state index contributed by atoms with van der Waals surface area (Å²) in [7, 11) is 0. The van der Waals surface area contributed by atoms with Gasteiger partial charge in [-0.05, 0) is 12.1 Å². The molecule has 1 atom stereocenters. The lowest BCUT2D eigenvalue weighted by Crippen LogP contribution is -2.34. The van der Waals surface area contributed by atoms with E-state index in [4.69, 9.17) is 9.47 Å². The third-order valence-electron chi connectivity index (χ3n) is 3.17. The van der Waals surface area contributed by atoms with Gasteiger partial charge >= 0.3 is 0 Å². The molecule has 0 N–H and O–H groups in total. The fraction of sp³-hybridized carbons (Fsp3) is 0.357. The normalized spacial score (nSPS) is 17.7. The van der Waals surface area contributed by atoms with E-state index in [2.05, 4.69) is 9.97 Å². The molecule has 0 saturated carbocycles. The third-order valence-corrected chi connectivity index (χ3v) is 3.83. The number of likely N-dealkylation sites (tertiary alicyclic amines) is 1. The Morgan fingerprint density at radius 3 is 3.19 bits per heavy atom. The number of rotatable bonds is 5. The molecule has 0 aromatic carbocycles. The van der Waals surface area contributed by atoms with Crippen LogP contribution in [0, 0.1) is 0 Å². The smallest absolute Gasteiger partial charge is 0.273 e. The maximum atomic E-state index is 12.1. The SMILES string of the molecule is O=C(COc1cccnc1)N1CCC(Oc2nccs2)C1. The van der Waals surface area contributed by atoms with Crippen LogP contribution in [-0.4, -0.2) is 46.6 Å². The van der Waals surface area contributed by atoms with Crippen LogP contribution in [0.3, 0.4) is 0 Å². The molecule has 0 spiro atoms. The first-order chi connectivity index (χ1) is 10.3. The number of nitrogens with zero attached hydrogens (tertiary/aromatic N) is 3. The number of aromatic nitrogens is 2. The number of hydrogen-bond donors (Lipinski definition) is 0. The molecule has 21 heavy (non-hydrogen) atoms. The van der Waals surface area contributed by atoms with Crippen molar-refractivity contribution in [3.8, 4) is 10.9 Å². The highest BCUT2D eigenvalue weighted by molar-refractivity contribution is 7.11. The van der Waals surface area contributed by atoms with E-state index in [1.54, 1.807) is 35.6 Å². The van der Waals surface area contributed by atoms with Gasteiger partial charge in [-0.2, -0.15) is 0 Å². The average Bonchev–Trinajstić information content (AvgIpc) is 3.18. The van der Waals surface area contributed by atoms with Gasteiger partial charge in [-0.15, -0.1) is 0 Å². The van der Waals surface area contributed by atoms with Crippen molar-refractivity contribution in [1.29, 1.82) is 0 Å². The Kier molecular flexibility index (Phi) is 4.30. The molecule has 7 heteroatoms. The van der Waals surface area contributed by atoms with Gasteiger partial charge < -0.3 is 14.4 Å². The Morgan fingerprint density at radius 1 is 1.48 bits per heavy atom. The zero-order valence-corrected chi connectivity index (χ0v) is 12.2. The minimum Gasteiger partial charge on any atom is -0.482 e. The van der Waals surface area contributed by atoms with Gasteiger partial charge in [-0.3, -0.25) is 9.78 Å². The maximum absolute atomic E-state index is 12.1. The monoisotopic (exact) mass is 305 g/mol. The van der Waals surface area contributed by atoms with E-state index in [1.807, 2.05) is 5.38 Å². The van der Waals surface area contributed by atoms with Gasteiger partial charge in [0.2, 0.25) is 0 Å². The van der Waals surface area contributed by atoms with Crippen LogP contribution in [0.1, 0.15) is 6.42 Å². The van der Waals surface area contributed by atoms with Crippen LogP contribution in [0.4, 0.5) is 0 Å². The molecule has 0 radical (unpaired) electrons. The third kappa shape index (κ3) is 3.69. The van der Waals surface area contributed by atoms with Crippen LogP contribution < -0.4 is 9.47 Å². The van der Waals surface area contributed by atoms with Gasteiger partial charge in [-0.1, -0.05) is 11.3 Å². The first kappa shape index (κ1) is 13.8. The summed E-state index contributed by atoms with van der Waals surface area (Å²) < 4.78 is 11.1. The predicted molar refractivity (Wildman–Crippen MR) is 77.5 cm³/mol. The minimum atomic E-state index is -0.0379. The van der Waals surface area contributed by atoms with Crippen molar-refractivity contribution in [1.82, 2.24) is 14.9 Å². The fourth-order valence-corrected chi connectivity index (χ4v) is 2.68. The molecule has 0 bridgehead atoms. The molecule has 1 fully saturated rings. The molecular weight excluding hydrogens is 290 g/mol. The zero-order valence-electron chi connectivity index (χ0n) is 11.3. The Hall–Kier alpha value is -2.15. The quantitative estimate of drug-likeness (QED) is 0.839. The summed E-state index contributed by atoms with van der Waals surface area (Å²) >= 11 is 1.46. The van der Waals surface area contributed by atoms with E-state index in [0.717, 1.165) is 6.42 Å². The molecule has 2 aromatic rings. The van der Waals surface area contributed by atoms with Crippen LogP contribution in [0.2, 0.25) is 0 Å². The lowest BCUT2D eigenvalue weighted by atomic mass is 10.3. The molecule has 1 saturated heterocycles. The molecule has 1 aliphatic rings. The van der Waals surface area contributed by atoms with Gasteiger partial charge in [0.15, 0.2) is 6.61 Å². The second-order valence-electron chi connectivity index (χ2n) is 4.64. The topological polar surface area (TPSA) is 64.5 Å². The van der Waals surface area contributed by atoms with Crippen molar-refractivity contribution in [2.75, 3.05) is 19.7 Å². The number of thiazole rings is 1. The molecule has 110 valence electrons. The first-order valence-corrected chi connectivity index (χ1v) is 7.56. The van der Waals surface area contributed by atoms with Crippen molar-refractivity contribution in [3.63, 3.8) is 0 Å². The fourth-order valence-electron chi connectivity index (χ4n) is 2.13. The van der Waals surface area contributed by atoms with E-state index in [9.17, 15) is 4.79 Å². The Morgan fingerprint density at radius 2 is 2.43 bits per heavy atom. The minimum absolute atomic E-state index is 0.0125. The molecular formula is C14H15N3O3S. The average molecular weight is 305 g/mol. The van der Waals surface area contributed by atoms with Crippen LogP contribution in [0.15, 0.2) is 36.1 Å². The Balaban J connectivity index is 1.46. The molecule has 1 amide bonds. The van der Waals surface area contributed by atoms with Crippen molar-refractivity contribution >= 4 is 17.2 Å². The predicted octanol–water partition coefficient (Wildman–Crippen LogP) is 1.60. The lowest BCUT2D eigenvalue weighted by Gasteiger charge is -2.16. The van der Waals surface area contributed by atoms with Gasteiger partial charge in [0.25, 0.3) is 11.1 Å². The highest BCUT2D eigenvalue weighted by atomic mass is 32.1. The summed E-state index contributed by atoms with van der Waals surface area (Å²) in [5, 5.41) is 2.52. The maximum Gasteiger partial charge on any atom is 0.273 e. The number of amides is 1. The number of carbonyl (C=O) groups excluding carboxylic acids is 1. The van der Waals surface area contributed by atoms with Gasteiger partial charge in [0.1, 0.15) is 11.9 Å². The number of pyridine rings is 1. The summed E-state index contributed by atoms with van der Waals surface area (Å²) in [6, 6.07) is 3.55. The van der Waals surface area contributed by atoms with Crippen LogP contribution in [0.25, 0.3) is 0 Å². The van der Waals surface area contributed by atoms with Gasteiger partial charge in [0.05, 0.1) is 12.7 Å².